The van der Waals surface area contributed by atoms with Crippen LogP contribution in [0.25, 0.3) is 0 Å². The molecule has 0 spiro atoms. The highest BCUT2D eigenvalue weighted by Gasteiger charge is 2.17. The van der Waals surface area contributed by atoms with Crippen LogP contribution in [0.5, 0.6) is 0 Å². The first-order valence-electron chi connectivity index (χ1n) is 3.36. The Morgan fingerprint density at radius 2 is 2.10 bits per heavy atom. The molecule has 0 aliphatic heterocycles. The molecule has 3 nitrogen and oxygen atoms in total. The van der Waals surface area contributed by atoms with Gasteiger partial charge in [0.1, 0.15) is 0 Å². The molecule has 0 aromatic heterocycles. The normalized spacial score (nSPS) is 15.2. The maximum atomic E-state index is 10.3. The van der Waals surface area contributed by atoms with Gasteiger partial charge in [0.05, 0.1) is 0 Å². The molecular weight excluding hydrogens is 150 g/mol. The van der Waals surface area contributed by atoms with Gasteiger partial charge in [-0.3, -0.25) is 4.55 Å². The molecule has 0 heterocycles. The number of rotatable bonds is 4. The topological polar surface area (TPSA) is 49.3 Å². The van der Waals surface area contributed by atoms with Crippen LogP contribution in [-0.4, -0.2) is 14.3 Å². The van der Waals surface area contributed by atoms with E-state index >= 15 is 0 Å². The van der Waals surface area contributed by atoms with Crippen molar-refractivity contribution in [1.29, 1.82) is 0 Å². The Kier molecular flexibility index (Phi) is 4.08. The molecule has 0 rings (SSSR count). The van der Waals surface area contributed by atoms with Crippen molar-refractivity contribution in [3.05, 3.63) is 0 Å². The van der Waals surface area contributed by atoms with E-state index in [4.69, 9.17) is 4.55 Å². The first-order chi connectivity index (χ1) is 4.48. The molecule has 0 bridgehead atoms. The van der Waals surface area contributed by atoms with Crippen LogP contribution in [-0.2, 0) is 11.3 Å². The summed E-state index contributed by atoms with van der Waals surface area (Å²) in [7, 11) is 0. The Morgan fingerprint density at radius 3 is 2.40 bits per heavy atom. The zero-order valence-electron chi connectivity index (χ0n) is 6.68. The molecule has 62 valence electrons. The van der Waals surface area contributed by atoms with E-state index in [1.165, 1.54) is 0 Å². The quantitative estimate of drug-likeness (QED) is 0.617. The zero-order valence-corrected chi connectivity index (χ0v) is 7.49. The molecule has 0 saturated carbocycles. The van der Waals surface area contributed by atoms with Crippen LogP contribution < -0.4 is 4.72 Å². The second-order valence-electron chi connectivity index (χ2n) is 2.99. The van der Waals surface area contributed by atoms with Gasteiger partial charge in [0, 0.05) is 5.54 Å². The summed E-state index contributed by atoms with van der Waals surface area (Å²) in [5.74, 6) is 0. The van der Waals surface area contributed by atoms with E-state index in [-0.39, 0.29) is 5.54 Å². The Balaban J connectivity index is 3.74. The van der Waals surface area contributed by atoms with Crippen molar-refractivity contribution >= 4 is 11.3 Å². The molecule has 0 radical (unpaired) electrons. The summed E-state index contributed by atoms with van der Waals surface area (Å²) in [5.41, 5.74) is -0.228. The van der Waals surface area contributed by atoms with Gasteiger partial charge in [-0.05, 0) is 20.3 Å². The average molecular weight is 165 g/mol. The lowest BCUT2D eigenvalue weighted by Crippen LogP contribution is -2.39. The monoisotopic (exact) mass is 165 g/mol. The lowest BCUT2D eigenvalue weighted by molar-refractivity contribution is 0.411. The fourth-order valence-corrected chi connectivity index (χ4v) is 1.49. The predicted molar refractivity (Wildman–Crippen MR) is 42.9 cm³/mol. The summed E-state index contributed by atoms with van der Waals surface area (Å²) >= 11 is -1.89. The Labute approximate surface area is 64.6 Å². The molecule has 4 heteroatoms. The van der Waals surface area contributed by atoms with Gasteiger partial charge in [-0.1, -0.05) is 13.3 Å². The van der Waals surface area contributed by atoms with Crippen molar-refractivity contribution in [3.63, 3.8) is 0 Å². The van der Waals surface area contributed by atoms with Crippen LogP contribution in [0.2, 0.25) is 0 Å². The van der Waals surface area contributed by atoms with Gasteiger partial charge < -0.3 is 0 Å². The summed E-state index contributed by atoms with van der Waals surface area (Å²) in [5, 5.41) is 0. The number of hydrogen-bond acceptors (Lipinski definition) is 1. The third-order valence-corrected chi connectivity index (χ3v) is 1.97. The van der Waals surface area contributed by atoms with E-state index < -0.39 is 11.3 Å². The Hall–Kier alpha value is 0.0700. The number of nitrogens with one attached hydrogen (secondary N) is 1. The fourth-order valence-electron chi connectivity index (χ4n) is 0.912. The minimum absolute atomic E-state index is 0.228. The highest BCUT2D eigenvalue weighted by atomic mass is 32.2. The molecule has 0 fully saturated rings. The Bertz CT molecular complexity index is 125. The third kappa shape index (κ3) is 4.90. The lowest BCUT2D eigenvalue weighted by atomic mass is 10.0. The average Bonchev–Trinajstić information content (AvgIpc) is 1.59. The SMILES string of the molecule is CCCC(C)(C)NS(=O)O. The van der Waals surface area contributed by atoms with Gasteiger partial charge in [0.15, 0.2) is 0 Å². The zero-order chi connectivity index (χ0) is 8.20. The smallest absolute Gasteiger partial charge is 0.232 e. The summed E-state index contributed by atoms with van der Waals surface area (Å²) in [4.78, 5) is 0. The van der Waals surface area contributed by atoms with Gasteiger partial charge in [-0.25, -0.2) is 8.93 Å². The largest absolute Gasteiger partial charge is 0.294 e. The highest BCUT2D eigenvalue weighted by Crippen LogP contribution is 2.10. The minimum Gasteiger partial charge on any atom is -0.294 e. The van der Waals surface area contributed by atoms with Crippen molar-refractivity contribution in [1.82, 2.24) is 4.72 Å². The summed E-state index contributed by atoms with van der Waals surface area (Å²) in [6, 6.07) is 0. The second-order valence-corrected chi connectivity index (χ2v) is 3.69. The molecule has 2 N–H and O–H groups in total. The second kappa shape index (κ2) is 4.05. The van der Waals surface area contributed by atoms with E-state index in [9.17, 15) is 4.21 Å². The third-order valence-electron chi connectivity index (χ3n) is 1.24. The summed E-state index contributed by atoms with van der Waals surface area (Å²) < 4.78 is 21.3. The van der Waals surface area contributed by atoms with Crippen molar-refractivity contribution in [3.8, 4) is 0 Å². The van der Waals surface area contributed by atoms with Crippen LogP contribution in [0.4, 0.5) is 0 Å². The van der Waals surface area contributed by atoms with E-state index in [0.717, 1.165) is 12.8 Å². The van der Waals surface area contributed by atoms with Crippen LogP contribution in [0.3, 0.4) is 0 Å². The van der Waals surface area contributed by atoms with Crippen molar-refractivity contribution in [2.24, 2.45) is 0 Å². The fraction of sp³-hybridized carbons (Fsp3) is 1.00. The maximum Gasteiger partial charge on any atom is 0.232 e. The van der Waals surface area contributed by atoms with E-state index in [1.807, 2.05) is 20.8 Å². The van der Waals surface area contributed by atoms with Gasteiger partial charge in [-0.2, -0.15) is 0 Å². The van der Waals surface area contributed by atoms with Gasteiger partial charge in [0.25, 0.3) is 0 Å². The molecule has 10 heavy (non-hydrogen) atoms. The summed E-state index contributed by atoms with van der Waals surface area (Å²) in [6.07, 6.45) is 1.91. The van der Waals surface area contributed by atoms with E-state index in [0.29, 0.717) is 0 Å². The molecular formula is C6H15NO2S. The van der Waals surface area contributed by atoms with E-state index in [2.05, 4.69) is 4.72 Å². The molecule has 1 unspecified atom stereocenters. The molecule has 1 atom stereocenters. The van der Waals surface area contributed by atoms with Crippen molar-refractivity contribution < 1.29 is 8.76 Å². The van der Waals surface area contributed by atoms with Crippen molar-refractivity contribution in [2.45, 2.75) is 39.2 Å². The van der Waals surface area contributed by atoms with Gasteiger partial charge in [-0.15, -0.1) is 0 Å². The molecule has 0 aromatic carbocycles. The van der Waals surface area contributed by atoms with Gasteiger partial charge in [0.2, 0.25) is 11.3 Å². The molecule has 0 aliphatic rings. The van der Waals surface area contributed by atoms with Crippen LogP contribution in [0, 0.1) is 0 Å². The van der Waals surface area contributed by atoms with Crippen LogP contribution >= 0.6 is 0 Å². The molecule has 0 aromatic rings. The molecule has 0 aliphatic carbocycles. The van der Waals surface area contributed by atoms with Gasteiger partial charge >= 0.3 is 0 Å². The first-order valence-corrected chi connectivity index (χ1v) is 4.47. The first kappa shape index (κ1) is 10.1. The highest BCUT2D eigenvalue weighted by molar-refractivity contribution is 7.77. The molecule has 0 saturated heterocycles. The van der Waals surface area contributed by atoms with Crippen molar-refractivity contribution in [2.75, 3.05) is 0 Å². The van der Waals surface area contributed by atoms with Crippen LogP contribution in [0.1, 0.15) is 33.6 Å². The lowest BCUT2D eigenvalue weighted by Gasteiger charge is -2.22. The standard InChI is InChI=1S/C6H15NO2S/c1-4-5-6(2,3)7-10(8)9/h7H,4-5H2,1-3H3,(H,8,9). The Morgan fingerprint density at radius 1 is 1.60 bits per heavy atom. The predicted octanol–water partition coefficient (Wildman–Crippen LogP) is 1.29. The molecule has 0 amide bonds. The number of hydrogen-bond donors (Lipinski definition) is 2. The van der Waals surface area contributed by atoms with E-state index in [1.54, 1.807) is 0 Å². The van der Waals surface area contributed by atoms with Crippen LogP contribution in [0.15, 0.2) is 0 Å². The minimum atomic E-state index is -1.89. The summed E-state index contributed by atoms with van der Waals surface area (Å²) in [6.45, 7) is 5.86. The maximum absolute atomic E-state index is 10.3.